The fourth-order valence-corrected chi connectivity index (χ4v) is 5.52. The van der Waals surface area contributed by atoms with Crippen LogP contribution in [0, 0.1) is 30.6 Å². The zero-order valence-electron chi connectivity index (χ0n) is 25.1. The number of anilines is 2. The Morgan fingerprint density at radius 3 is 2.35 bits per heavy atom. The molecule has 0 aliphatic carbocycles. The summed E-state index contributed by atoms with van der Waals surface area (Å²) < 4.78 is 5.46. The van der Waals surface area contributed by atoms with Crippen molar-refractivity contribution in [1.82, 2.24) is 4.98 Å². The number of hydrogen-bond donors (Lipinski definition) is 1. The molecule has 212 valence electrons. The second-order valence-electron chi connectivity index (χ2n) is 11.1. The van der Waals surface area contributed by atoms with Gasteiger partial charge in [-0.3, -0.25) is 4.99 Å². The standard InChI is InChI=1S/C36H47N3O/c1-5-8-13-30(14-9-6-2)33(12-7-3)38-35-27(4)32-15-10-11-16-34(32)39-36(35)37-31-21-19-28(20-22-31)17-18-29-23-25-40-26-24-29/h10-11,15-16,19-22,29-30H,5-9,12-14,23-26H2,1-4H3,(H,37,39). The van der Waals surface area contributed by atoms with Crippen molar-refractivity contribution in [3.05, 3.63) is 59.7 Å². The second-order valence-corrected chi connectivity index (χ2v) is 11.1. The fraction of sp³-hybridized carbons (Fsp3) is 0.500. The predicted octanol–water partition coefficient (Wildman–Crippen LogP) is 9.93. The summed E-state index contributed by atoms with van der Waals surface area (Å²) >= 11 is 0. The van der Waals surface area contributed by atoms with Crippen LogP contribution in [-0.2, 0) is 4.74 Å². The Morgan fingerprint density at radius 2 is 1.68 bits per heavy atom. The number of unbranched alkanes of at least 4 members (excludes halogenated alkanes) is 2. The summed E-state index contributed by atoms with van der Waals surface area (Å²) in [7, 11) is 0. The molecule has 4 nitrogen and oxygen atoms in total. The number of para-hydroxylation sites is 1. The molecule has 1 aliphatic heterocycles. The molecule has 0 spiro atoms. The first-order valence-electron chi connectivity index (χ1n) is 15.6. The third-order valence-electron chi connectivity index (χ3n) is 7.95. The Hall–Kier alpha value is -3.16. The van der Waals surface area contributed by atoms with E-state index in [4.69, 9.17) is 14.7 Å². The van der Waals surface area contributed by atoms with E-state index in [9.17, 15) is 0 Å². The summed E-state index contributed by atoms with van der Waals surface area (Å²) in [6.45, 7) is 10.7. The summed E-state index contributed by atoms with van der Waals surface area (Å²) in [5, 5.41) is 4.79. The van der Waals surface area contributed by atoms with E-state index in [0.29, 0.717) is 11.8 Å². The number of nitrogens with one attached hydrogen (secondary N) is 1. The minimum absolute atomic E-state index is 0.438. The number of rotatable bonds is 12. The van der Waals surface area contributed by atoms with Gasteiger partial charge in [0.15, 0.2) is 5.82 Å². The van der Waals surface area contributed by atoms with Crippen LogP contribution in [0.1, 0.15) is 96.1 Å². The maximum Gasteiger partial charge on any atom is 0.157 e. The highest BCUT2D eigenvalue weighted by molar-refractivity contribution is 5.96. The third-order valence-corrected chi connectivity index (χ3v) is 7.95. The Balaban J connectivity index is 1.68. The van der Waals surface area contributed by atoms with Crippen LogP contribution in [0.3, 0.4) is 0 Å². The first kappa shape index (κ1) is 29.8. The summed E-state index contributed by atoms with van der Waals surface area (Å²) in [6.07, 6.45) is 11.6. The van der Waals surface area contributed by atoms with Gasteiger partial charge in [0.1, 0.15) is 5.69 Å². The lowest BCUT2D eigenvalue weighted by Crippen LogP contribution is -2.15. The molecule has 0 bridgehead atoms. The lowest BCUT2D eigenvalue weighted by molar-refractivity contribution is 0.0807. The van der Waals surface area contributed by atoms with Crippen LogP contribution in [0.4, 0.5) is 17.2 Å². The molecule has 4 heteroatoms. The molecule has 0 amide bonds. The zero-order chi connectivity index (χ0) is 28.2. The van der Waals surface area contributed by atoms with Gasteiger partial charge >= 0.3 is 0 Å². The lowest BCUT2D eigenvalue weighted by atomic mass is 9.89. The average molecular weight is 538 g/mol. The van der Waals surface area contributed by atoms with Crippen LogP contribution < -0.4 is 5.32 Å². The van der Waals surface area contributed by atoms with Crippen LogP contribution >= 0.6 is 0 Å². The molecular weight excluding hydrogens is 490 g/mol. The van der Waals surface area contributed by atoms with Gasteiger partial charge in [0.25, 0.3) is 0 Å². The number of ether oxygens (including phenoxy) is 1. The van der Waals surface area contributed by atoms with Gasteiger partial charge in [0.05, 0.1) is 5.52 Å². The molecule has 0 saturated carbocycles. The van der Waals surface area contributed by atoms with Gasteiger partial charge in [-0.15, -0.1) is 0 Å². The fourth-order valence-electron chi connectivity index (χ4n) is 5.52. The molecule has 1 aromatic heterocycles. The molecule has 0 atom stereocenters. The van der Waals surface area contributed by atoms with Crippen molar-refractivity contribution < 1.29 is 4.74 Å². The van der Waals surface area contributed by atoms with Gasteiger partial charge < -0.3 is 10.1 Å². The molecule has 0 unspecified atom stereocenters. The summed E-state index contributed by atoms with van der Waals surface area (Å²) in [4.78, 5) is 10.5. The van der Waals surface area contributed by atoms with E-state index in [2.05, 4.69) is 93.4 Å². The molecule has 1 fully saturated rings. The smallest absolute Gasteiger partial charge is 0.157 e. The SMILES string of the molecule is CCCCC(CCCC)C(CCC)=Nc1c(Nc2ccc(C#CC3CCOCC3)cc2)nc2ccccc2c1C. The number of nitrogens with zero attached hydrogens (tertiary/aromatic N) is 2. The number of benzene rings is 2. The van der Waals surface area contributed by atoms with Crippen LogP contribution in [-0.4, -0.2) is 23.9 Å². The number of pyridine rings is 1. The molecule has 2 heterocycles. The van der Waals surface area contributed by atoms with Gasteiger partial charge in [-0.05, 0) is 80.8 Å². The Labute approximate surface area is 242 Å². The molecule has 1 aliphatic rings. The Morgan fingerprint density at radius 1 is 0.975 bits per heavy atom. The van der Waals surface area contributed by atoms with E-state index in [0.717, 1.165) is 67.2 Å². The van der Waals surface area contributed by atoms with E-state index >= 15 is 0 Å². The number of hydrogen-bond acceptors (Lipinski definition) is 4. The monoisotopic (exact) mass is 537 g/mol. The topological polar surface area (TPSA) is 46.5 Å². The minimum Gasteiger partial charge on any atom is -0.381 e. The van der Waals surface area contributed by atoms with Crippen molar-refractivity contribution >= 4 is 33.8 Å². The highest BCUT2D eigenvalue weighted by atomic mass is 16.5. The van der Waals surface area contributed by atoms with Crippen molar-refractivity contribution in [3.63, 3.8) is 0 Å². The third kappa shape index (κ3) is 8.18. The highest BCUT2D eigenvalue weighted by Crippen LogP contribution is 2.36. The summed E-state index contributed by atoms with van der Waals surface area (Å²) in [6, 6.07) is 16.8. The predicted molar refractivity (Wildman–Crippen MR) is 171 cm³/mol. The Kier molecular flexibility index (Phi) is 11.6. The molecule has 3 aromatic rings. The van der Waals surface area contributed by atoms with Gasteiger partial charge in [-0.2, -0.15) is 0 Å². The maximum atomic E-state index is 5.46. The van der Waals surface area contributed by atoms with E-state index < -0.39 is 0 Å². The zero-order valence-corrected chi connectivity index (χ0v) is 25.1. The number of fused-ring (bicyclic) bond motifs is 1. The number of aromatic nitrogens is 1. The number of aryl methyl sites for hydroxylation is 1. The molecule has 2 aromatic carbocycles. The van der Waals surface area contributed by atoms with Gasteiger partial charge in [0.2, 0.25) is 0 Å². The van der Waals surface area contributed by atoms with E-state index in [1.54, 1.807) is 0 Å². The molecule has 4 rings (SSSR count). The average Bonchev–Trinajstić information content (AvgIpc) is 2.99. The van der Waals surface area contributed by atoms with Gasteiger partial charge in [0, 0.05) is 41.5 Å². The van der Waals surface area contributed by atoms with E-state index in [-0.39, 0.29) is 0 Å². The lowest BCUT2D eigenvalue weighted by Gasteiger charge is -2.21. The quantitative estimate of drug-likeness (QED) is 0.185. The van der Waals surface area contributed by atoms with Crippen LogP contribution in [0.2, 0.25) is 0 Å². The largest absolute Gasteiger partial charge is 0.381 e. The van der Waals surface area contributed by atoms with Gasteiger partial charge in [-0.25, -0.2) is 4.98 Å². The van der Waals surface area contributed by atoms with Crippen LogP contribution in [0.15, 0.2) is 53.5 Å². The molecular formula is C36H47N3O. The molecule has 40 heavy (non-hydrogen) atoms. The second kappa shape index (κ2) is 15.6. The first-order chi connectivity index (χ1) is 19.6. The van der Waals surface area contributed by atoms with Crippen molar-refractivity contribution in [2.24, 2.45) is 16.8 Å². The van der Waals surface area contributed by atoms with E-state index in [1.165, 1.54) is 55.2 Å². The van der Waals surface area contributed by atoms with Gasteiger partial charge in [-0.1, -0.05) is 82.9 Å². The molecule has 1 saturated heterocycles. The van der Waals surface area contributed by atoms with Crippen LogP contribution in [0.25, 0.3) is 10.9 Å². The maximum absolute atomic E-state index is 5.46. The highest BCUT2D eigenvalue weighted by Gasteiger charge is 2.19. The Bertz CT molecular complexity index is 1300. The summed E-state index contributed by atoms with van der Waals surface area (Å²) in [5.74, 6) is 8.60. The van der Waals surface area contributed by atoms with Crippen molar-refractivity contribution in [1.29, 1.82) is 0 Å². The van der Waals surface area contributed by atoms with Crippen molar-refractivity contribution in [2.45, 2.75) is 91.9 Å². The van der Waals surface area contributed by atoms with Crippen LogP contribution in [0.5, 0.6) is 0 Å². The number of aliphatic imine (C=N–C) groups is 1. The first-order valence-corrected chi connectivity index (χ1v) is 15.6. The van der Waals surface area contributed by atoms with E-state index in [1.807, 2.05) is 0 Å². The molecule has 1 N–H and O–H groups in total. The minimum atomic E-state index is 0.438. The summed E-state index contributed by atoms with van der Waals surface area (Å²) in [5.41, 5.74) is 6.53. The molecule has 0 radical (unpaired) electrons. The normalized spacial score (nSPS) is 14.4. The van der Waals surface area contributed by atoms with Crippen molar-refractivity contribution in [2.75, 3.05) is 18.5 Å². The van der Waals surface area contributed by atoms with Crippen molar-refractivity contribution in [3.8, 4) is 11.8 Å².